The first-order chi connectivity index (χ1) is 13.9. The lowest BCUT2D eigenvalue weighted by Gasteiger charge is -2.38. The van der Waals surface area contributed by atoms with Gasteiger partial charge in [-0.15, -0.1) is 0 Å². The van der Waals surface area contributed by atoms with Crippen LogP contribution in [0.4, 0.5) is 11.5 Å². The van der Waals surface area contributed by atoms with E-state index >= 15 is 0 Å². The van der Waals surface area contributed by atoms with Gasteiger partial charge in [-0.25, -0.2) is 9.97 Å². The summed E-state index contributed by atoms with van der Waals surface area (Å²) in [6.45, 7) is 11.4. The van der Waals surface area contributed by atoms with Crippen LogP contribution in [-0.4, -0.2) is 53.0 Å². The van der Waals surface area contributed by atoms with E-state index in [0.29, 0.717) is 17.2 Å². The molecule has 1 aliphatic heterocycles. The summed E-state index contributed by atoms with van der Waals surface area (Å²) in [5.74, 6) is 2.09. The molecule has 0 spiro atoms. The van der Waals surface area contributed by atoms with E-state index in [9.17, 15) is 4.79 Å². The van der Waals surface area contributed by atoms with Gasteiger partial charge in [-0.1, -0.05) is 13.8 Å². The number of aromatic nitrogens is 2. The van der Waals surface area contributed by atoms with Crippen molar-refractivity contribution in [2.24, 2.45) is 0 Å². The molecule has 0 saturated carbocycles. The fourth-order valence-corrected chi connectivity index (χ4v) is 3.37. The van der Waals surface area contributed by atoms with Crippen LogP contribution in [0.5, 0.6) is 0 Å². The number of rotatable bonds is 5. The molecular weight excluding hydrogens is 364 g/mol. The molecular formula is C22H28N6O. The summed E-state index contributed by atoms with van der Waals surface area (Å²) in [4.78, 5) is 26.3. The van der Waals surface area contributed by atoms with Crippen LogP contribution >= 0.6 is 0 Å². The van der Waals surface area contributed by atoms with Crippen LogP contribution in [-0.2, 0) is 4.79 Å². The summed E-state index contributed by atoms with van der Waals surface area (Å²) < 4.78 is 0. The Kier molecular flexibility index (Phi) is 6.45. The number of nitriles is 1. The maximum Gasteiger partial charge on any atom is 0.241 e. The van der Waals surface area contributed by atoms with Crippen molar-refractivity contribution in [3.63, 3.8) is 0 Å². The van der Waals surface area contributed by atoms with E-state index in [-0.39, 0.29) is 11.9 Å². The molecule has 1 unspecified atom stereocenters. The van der Waals surface area contributed by atoms with Crippen molar-refractivity contribution in [3.05, 3.63) is 47.4 Å². The van der Waals surface area contributed by atoms with Gasteiger partial charge in [0.25, 0.3) is 0 Å². The fraction of sp³-hybridized carbons (Fsp3) is 0.455. The second kappa shape index (κ2) is 9.01. The molecule has 2 aromatic rings. The van der Waals surface area contributed by atoms with Crippen molar-refractivity contribution >= 4 is 17.4 Å². The predicted molar refractivity (Wildman–Crippen MR) is 114 cm³/mol. The first kappa shape index (κ1) is 20.7. The number of nitrogens with one attached hydrogen (secondary N) is 1. The predicted octanol–water partition coefficient (Wildman–Crippen LogP) is 2.93. The lowest BCUT2D eigenvalue weighted by atomic mass is 10.2. The van der Waals surface area contributed by atoms with Crippen LogP contribution < -0.4 is 10.2 Å². The van der Waals surface area contributed by atoms with Crippen molar-refractivity contribution in [1.82, 2.24) is 14.9 Å². The molecule has 152 valence electrons. The van der Waals surface area contributed by atoms with E-state index in [4.69, 9.17) is 10.2 Å². The molecule has 1 aromatic heterocycles. The molecule has 1 N–H and O–H groups in total. The average Bonchev–Trinajstić information content (AvgIpc) is 2.73. The summed E-state index contributed by atoms with van der Waals surface area (Å²) in [7, 11) is 0. The smallest absolute Gasteiger partial charge is 0.241 e. The van der Waals surface area contributed by atoms with Crippen LogP contribution in [0.1, 0.15) is 43.8 Å². The second-order valence-electron chi connectivity index (χ2n) is 7.76. The third kappa shape index (κ3) is 5.09. The highest BCUT2D eigenvalue weighted by Gasteiger charge is 2.26. The maximum absolute atomic E-state index is 12.6. The monoisotopic (exact) mass is 392 g/mol. The molecule has 0 bridgehead atoms. The van der Waals surface area contributed by atoms with Crippen LogP contribution in [0, 0.1) is 18.3 Å². The Labute approximate surface area is 172 Å². The molecule has 0 radical (unpaired) electrons. The highest BCUT2D eigenvalue weighted by atomic mass is 16.2. The number of benzene rings is 1. The largest absolute Gasteiger partial charge is 0.354 e. The van der Waals surface area contributed by atoms with Crippen molar-refractivity contribution in [2.45, 2.75) is 39.7 Å². The van der Waals surface area contributed by atoms with Gasteiger partial charge in [0, 0.05) is 49.5 Å². The Morgan fingerprint density at radius 1 is 1.10 bits per heavy atom. The summed E-state index contributed by atoms with van der Waals surface area (Å²) in [6.07, 6.45) is 0. The van der Waals surface area contributed by atoms with Gasteiger partial charge < -0.3 is 10.2 Å². The number of hydrogen-bond donors (Lipinski definition) is 1. The van der Waals surface area contributed by atoms with Crippen molar-refractivity contribution < 1.29 is 4.79 Å². The standard InChI is InChI=1S/C22H28N6O/c1-15(2)21-24-16(3)13-20(26-21)28-11-9-27(10-12-28)17(4)22(29)25-19-7-5-18(14-23)6-8-19/h5-8,13,15,17H,9-12H2,1-4H3,(H,25,29). The van der Waals surface area contributed by atoms with Gasteiger partial charge in [0.15, 0.2) is 0 Å². The maximum atomic E-state index is 12.6. The van der Waals surface area contributed by atoms with Gasteiger partial charge in [-0.3, -0.25) is 9.69 Å². The summed E-state index contributed by atoms with van der Waals surface area (Å²) in [5.41, 5.74) is 2.27. The number of carbonyl (C=O) groups is 1. The quantitative estimate of drug-likeness (QED) is 0.842. The molecule has 1 amide bonds. The summed E-state index contributed by atoms with van der Waals surface area (Å²) in [6, 6.07) is 10.8. The molecule has 2 heterocycles. The zero-order valence-electron chi connectivity index (χ0n) is 17.5. The van der Waals surface area contributed by atoms with Gasteiger partial charge in [0.2, 0.25) is 5.91 Å². The first-order valence-electron chi connectivity index (χ1n) is 10.0. The number of aryl methyl sites for hydroxylation is 1. The molecule has 1 atom stereocenters. The number of anilines is 2. The lowest BCUT2D eigenvalue weighted by molar-refractivity contribution is -0.120. The van der Waals surface area contributed by atoms with Gasteiger partial charge in [0.05, 0.1) is 17.7 Å². The zero-order valence-corrected chi connectivity index (χ0v) is 17.5. The number of amides is 1. The second-order valence-corrected chi connectivity index (χ2v) is 7.76. The van der Waals surface area contributed by atoms with Crippen molar-refractivity contribution in [2.75, 3.05) is 36.4 Å². The minimum atomic E-state index is -0.230. The minimum Gasteiger partial charge on any atom is -0.354 e. The van der Waals surface area contributed by atoms with E-state index in [2.05, 4.69) is 40.0 Å². The molecule has 29 heavy (non-hydrogen) atoms. The molecule has 7 nitrogen and oxygen atoms in total. The van der Waals surface area contributed by atoms with Gasteiger partial charge in [-0.05, 0) is 38.1 Å². The normalized spacial score (nSPS) is 15.8. The number of nitrogens with zero attached hydrogens (tertiary/aromatic N) is 5. The number of hydrogen-bond acceptors (Lipinski definition) is 6. The molecule has 1 saturated heterocycles. The Bertz CT molecular complexity index is 895. The topological polar surface area (TPSA) is 85.1 Å². The van der Waals surface area contributed by atoms with Gasteiger partial charge >= 0.3 is 0 Å². The highest BCUT2D eigenvalue weighted by molar-refractivity contribution is 5.94. The molecule has 1 aliphatic rings. The Morgan fingerprint density at radius 3 is 2.34 bits per heavy atom. The molecule has 1 aromatic carbocycles. The first-order valence-corrected chi connectivity index (χ1v) is 10.0. The number of piperazine rings is 1. The van der Waals surface area contributed by atoms with Crippen molar-refractivity contribution in [1.29, 1.82) is 5.26 Å². The summed E-state index contributed by atoms with van der Waals surface area (Å²) >= 11 is 0. The highest BCUT2D eigenvalue weighted by Crippen LogP contribution is 2.19. The van der Waals surface area contributed by atoms with Crippen LogP contribution in [0.3, 0.4) is 0 Å². The van der Waals surface area contributed by atoms with E-state index in [0.717, 1.165) is 43.5 Å². The van der Waals surface area contributed by atoms with Gasteiger partial charge in [0.1, 0.15) is 11.6 Å². The Hall–Kier alpha value is -2.98. The molecule has 3 rings (SSSR count). The van der Waals surface area contributed by atoms with E-state index < -0.39 is 0 Å². The molecule has 7 heteroatoms. The Balaban J connectivity index is 1.58. The zero-order chi connectivity index (χ0) is 21.0. The van der Waals surface area contributed by atoms with E-state index in [1.807, 2.05) is 19.9 Å². The Morgan fingerprint density at radius 2 is 1.76 bits per heavy atom. The average molecular weight is 393 g/mol. The molecule has 1 fully saturated rings. The van der Waals surface area contributed by atoms with Crippen LogP contribution in [0.15, 0.2) is 30.3 Å². The van der Waals surface area contributed by atoms with E-state index in [1.54, 1.807) is 24.3 Å². The molecule has 0 aliphatic carbocycles. The van der Waals surface area contributed by atoms with Crippen molar-refractivity contribution in [3.8, 4) is 6.07 Å². The number of carbonyl (C=O) groups excluding carboxylic acids is 1. The van der Waals surface area contributed by atoms with Crippen LogP contribution in [0.25, 0.3) is 0 Å². The SMILES string of the molecule is Cc1cc(N2CCN(C(C)C(=O)Nc3ccc(C#N)cc3)CC2)nc(C(C)C)n1. The lowest BCUT2D eigenvalue weighted by Crippen LogP contribution is -2.53. The summed E-state index contributed by atoms with van der Waals surface area (Å²) in [5, 5.41) is 11.8. The fourth-order valence-electron chi connectivity index (χ4n) is 3.37. The van der Waals surface area contributed by atoms with E-state index in [1.165, 1.54) is 0 Å². The minimum absolute atomic E-state index is 0.0388. The van der Waals surface area contributed by atoms with Gasteiger partial charge in [-0.2, -0.15) is 5.26 Å². The van der Waals surface area contributed by atoms with Crippen LogP contribution in [0.2, 0.25) is 0 Å². The third-order valence-corrected chi connectivity index (χ3v) is 5.22. The third-order valence-electron chi connectivity index (χ3n) is 5.22.